The molecule has 0 unspecified atom stereocenters. The number of hydrogen-bond donors (Lipinski definition) is 2. The second-order valence-electron chi connectivity index (χ2n) is 5.13. The summed E-state index contributed by atoms with van der Waals surface area (Å²) >= 11 is 0. The van der Waals surface area contributed by atoms with Crippen molar-refractivity contribution >= 4 is 17.1 Å². The van der Waals surface area contributed by atoms with Crippen molar-refractivity contribution in [3.05, 3.63) is 62.7 Å². The molecule has 4 N–H and O–H groups in total. The Balaban J connectivity index is 0.000000219. The maximum absolute atomic E-state index is 10.5. The molecule has 0 bridgehead atoms. The van der Waals surface area contributed by atoms with E-state index in [-0.39, 0.29) is 11.4 Å². The lowest BCUT2D eigenvalue weighted by Crippen LogP contribution is -1.98. The van der Waals surface area contributed by atoms with Crippen LogP contribution in [0.3, 0.4) is 0 Å². The molecular formula is C16H21N3O2. The summed E-state index contributed by atoms with van der Waals surface area (Å²) in [5.74, 6) is 0. The van der Waals surface area contributed by atoms with E-state index in [1.807, 2.05) is 25.1 Å². The smallest absolute Gasteiger partial charge is 0.292 e. The fourth-order valence-corrected chi connectivity index (χ4v) is 1.93. The third kappa shape index (κ3) is 4.49. The first-order valence-electron chi connectivity index (χ1n) is 6.56. The Kier molecular flexibility index (Phi) is 5.30. The van der Waals surface area contributed by atoms with Crippen LogP contribution in [0.15, 0.2) is 30.3 Å². The summed E-state index contributed by atoms with van der Waals surface area (Å²) in [6.45, 7) is 7.64. The van der Waals surface area contributed by atoms with Gasteiger partial charge in [-0.2, -0.15) is 0 Å². The van der Waals surface area contributed by atoms with Gasteiger partial charge in [-0.25, -0.2) is 0 Å². The van der Waals surface area contributed by atoms with E-state index in [4.69, 9.17) is 11.5 Å². The minimum Gasteiger partial charge on any atom is -0.399 e. The Labute approximate surface area is 124 Å². The summed E-state index contributed by atoms with van der Waals surface area (Å²) in [4.78, 5) is 9.99. The zero-order valence-corrected chi connectivity index (χ0v) is 12.8. The first-order chi connectivity index (χ1) is 9.72. The summed E-state index contributed by atoms with van der Waals surface area (Å²) in [6, 6.07) is 9.33. The van der Waals surface area contributed by atoms with E-state index in [2.05, 4.69) is 13.0 Å². The van der Waals surface area contributed by atoms with Gasteiger partial charge in [-0.3, -0.25) is 10.1 Å². The topological polar surface area (TPSA) is 95.2 Å². The molecule has 5 nitrogen and oxygen atoms in total. The molecule has 5 heteroatoms. The Morgan fingerprint density at radius 2 is 1.48 bits per heavy atom. The molecule has 0 saturated carbocycles. The first-order valence-corrected chi connectivity index (χ1v) is 6.56. The van der Waals surface area contributed by atoms with Gasteiger partial charge in [-0.05, 0) is 50.5 Å². The van der Waals surface area contributed by atoms with Gasteiger partial charge in [0.25, 0.3) is 5.69 Å². The number of hydrogen-bond acceptors (Lipinski definition) is 4. The highest BCUT2D eigenvalue weighted by molar-refractivity contribution is 5.63. The quantitative estimate of drug-likeness (QED) is 0.475. The third-order valence-electron chi connectivity index (χ3n) is 3.13. The largest absolute Gasteiger partial charge is 0.399 e. The molecule has 2 rings (SSSR count). The highest BCUT2D eigenvalue weighted by Crippen LogP contribution is 2.25. The lowest BCUT2D eigenvalue weighted by molar-refractivity contribution is -0.384. The predicted molar refractivity (Wildman–Crippen MR) is 87.3 cm³/mol. The summed E-state index contributed by atoms with van der Waals surface area (Å²) in [5, 5.41) is 10.5. The van der Waals surface area contributed by atoms with E-state index in [9.17, 15) is 10.1 Å². The van der Waals surface area contributed by atoms with Crippen LogP contribution in [0, 0.1) is 37.8 Å². The Morgan fingerprint density at radius 3 is 1.95 bits per heavy atom. The van der Waals surface area contributed by atoms with Crippen molar-refractivity contribution in [1.29, 1.82) is 0 Å². The van der Waals surface area contributed by atoms with E-state index in [0.29, 0.717) is 0 Å². The molecular weight excluding hydrogens is 266 g/mol. The lowest BCUT2D eigenvalue weighted by atomic mass is 10.1. The number of anilines is 2. The van der Waals surface area contributed by atoms with Crippen LogP contribution in [0.1, 0.15) is 22.3 Å². The fraction of sp³-hybridized carbons (Fsp3) is 0.250. The first kappa shape index (κ1) is 16.5. The predicted octanol–water partition coefficient (Wildman–Crippen LogP) is 3.68. The molecule has 0 spiro atoms. The molecule has 0 amide bonds. The van der Waals surface area contributed by atoms with Gasteiger partial charge in [-0.15, -0.1) is 0 Å². The van der Waals surface area contributed by atoms with Crippen molar-refractivity contribution in [2.45, 2.75) is 27.7 Å². The van der Waals surface area contributed by atoms with Gasteiger partial charge in [0.2, 0.25) is 0 Å². The van der Waals surface area contributed by atoms with Crippen LogP contribution in [0.4, 0.5) is 17.1 Å². The normalized spacial score (nSPS) is 9.71. The third-order valence-corrected chi connectivity index (χ3v) is 3.13. The SMILES string of the molecule is Cc1cc(C)c(N)c([N+](=O)[O-])c1.Cc1ccc(N)c(C)c1. The average Bonchev–Trinajstić information content (AvgIpc) is 2.39. The minimum absolute atomic E-state index is 0.00694. The molecule has 2 aromatic rings. The van der Waals surface area contributed by atoms with E-state index in [1.54, 1.807) is 13.8 Å². The number of nitrogens with zero attached hydrogens (tertiary/aromatic N) is 1. The molecule has 2 aromatic carbocycles. The van der Waals surface area contributed by atoms with E-state index >= 15 is 0 Å². The number of rotatable bonds is 1. The van der Waals surface area contributed by atoms with Crippen LogP contribution >= 0.6 is 0 Å². The van der Waals surface area contributed by atoms with Crippen LogP contribution in [0.5, 0.6) is 0 Å². The van der Waals surface area contributed by atoms with Crippen molar-refractivity contribution in [3.8, 4) is 0 Å². The average molecular weight is 287 g/mol. The van der Waals surface area contributed by atoms with Crippen molar-refractivity contribution in [3.63, 3.8) is 0 Å². The van der Waals surface area contributed by atoms with Gasteiger partial charge in [0.05, 0.1) is 4.92 Å². The maximum Gasteiger partial charge on any atom is 0.292 e. The summed E-state index contributed by atoms with van der Waals surface area (Å²) in [6.07, 6.45) is 0. The zero-order chi connectivity index (χ0) is 16.2. The molecule has 0 fully saturated rings. The van der Waals surface area contributed by atoms with Crippen molar-refractivity contribution in [1.82, 2.24) is 0 Å². The highest BCUT2D eigenvalue weighted by Gasteiger charge is 2.12. The van der Waals surface area contributed by atoms with Gasteiger partial charge < -0.3 is 11.5 Å². The molecule has 112 valence electrons. The Morgan fingerprint density at radius 1 is 0.905 bits per heavy atom. The van der Waals surface area contributed by atoms with Crippen molar-refractivity contribution in [2.24, 2.45) is 0 Å². The van der Waals surface area contributed by atoms with Gasteiger partial charge in [0, 0.05) is 11.8 Å². The van der Waals surface area contributed by atoms with Crippen LogP contribution < -0.4 is 11.5 Å². The summed E-state index contributed by atoms with van der Waals surface area (Å²) < 4.78 is 0. The minimum atomic E-state index is -0.463. The van der Waals surface area contributed by atoms with Crippen LogP contribution in [0.25, 0.3) is 0 Å². The number of nitro benzene ring substituents is 1. The number of aryl methyl sites for hydroxylation is 4. The molecule has 21 heavy (non-hydrogen) atoms. The van der Waals surface area contributed by atoms with E-state index in [1.165, 1.54) is 11.6 Å². The molecule has 0 saturated heterocycles. The van der Waals surface area contributed by atoms with Gasteiger partial charge in [0.15, 0.2) is 0 Å². The Hall–Kier alpha value is -2.56. The maximum atomic E-state index is 10.5. The number of nitrogens with two attached hydrogens (primary N) is 2. The molecule has 0 aromatic heterocycles. The highest BCUT2D eigenvalue weighted by atomic mass is 16.6. The molecule has 0 radical (unpaired) electrons. The van der Waals surface area contributed by atoms with Gasteiger partial charge >= 0.3 is 0 Å². The second kappa shape index (κ2) is 6.74. The number of nitro groups is 1. The van der Waals surface area contributed by atoms with Crippen molar-refractivity contribution in [2.75, 3.05) is 11.5 Å². The molecule has 0 aliphatic heterocycles. The number of benzene rings is 2. The monoisotopic (exact) mass is 287 g/mol. The second-order valence-corrected chi connectivity index (χ2v) is 5.13. The zero-order valence-electron chi connectivity index (χ0n) is 12.8. The van der Waals surface area contributed by atoms with E-state index < -0.39 is 4.92 Å². The van der Waals surface area contributed by atoms with Gasteiger partial charge in [0.1, 0.15) is 5.69 Å². The van der Waals surface area contributed by atoms with Crippen LogP contribution in [0.2, 0.25) is 0 Å². The lowest BCUT2D eigenvalue weighted by Gasteiger charge is -2.02. The Bertz CT molecular complexity index is 667. The van der Waals surface area contributed by atoms with Gasteiger partial charge in [-0.1, -0.05) is 23.8 Å². The standard InChI is InChI=1S/C8H10N2O2.C8H11N/c1-5-3-6(2)8(9)7(4-5)10(11)12;1-6-3-4-8(9)7(2)5-6/h3-4H,9H2,1-2H3;3-5H,9H2,1-2H3. The molecule has 0 heterocycles. The fourth-order valence-electron chi connectivity index (χ4n) is 1.93. The molecule has 0 atom stereocenters. The molecule has 0 aliphatic rings. The van der Waals surface area contributed by atoms with Crippen molar-refractivity contribution < 1.29 is 4.92 Å². The summed E-state index contributed by atoms with van der Waals surface area (Å²) in [5.41, 5.74) is 16.3. The summed E-state index contributed by atoms with van der Waals surface area (Å²) in [7, 11) is 0. The van der Waals surface area contributed by atoms with E-state index in [0.717, 1.165) is 22.4 Å². The van der Waals surface area contributed by atoms with Crippen LogP contribution in [-0.4, -0.2) is 4.92 Å². The van der Waals surface area contributed by atoms with Crippen LogP contribution in [-0.2, 0) is 0 Å². The number of nitrogen functional groups attached to an aromatic ring is 2. The molecule has 0 aliphatic carbocycles.